The Balaban J connectivity index is 2.80. The van der Waals surface area contributed by atoms with E-state index in [9.17, 15) is 13.2 Å². The van der Waals surface area contributed by atoms with Crippen molar-refractivity contribution in [1.82, 2.24) is 0 Å². The van der Waals surface area contributed by atoms with Crippen molar-refractivity contribution in [2.45, 2.75) is 13.1 Å². The predicted octanol–water partition coefficient (Wildman–Crippen LogP) is 6.64. The molecule has 0 heterocycles. The second-order valence-electron chi connectivity index (χ2n) is 4.22. The van der Waals surface area contributed by atoms with Crippen molar-refractivity contribution < 1.29 is 13.2 Å². The van der Waals surface area contributed by atoms with Gasteiger partial charge in [0.1, 0.15) is 0 Å². The number of aryl methyl sites for hydroxylation is 1. The van der Waals surface area contributed by atoms with Gasteiger partial charge in [0.15, 0.2) is 0 Å². The Hall–Kier alpha value is -0.900. The van der Waals surface area contributed by atoms with E-state index in [0.717, 1.165) is 6.07 Å². The Bertz CT molecular complexity index is 663. The molecule has 20 heavy (non-hydrogen) atoms. The number of halogens is 6. The van der Waals surface area contributed by atoms with Gasteiger partial charge in [0.05, 0.1) is 20.6 Å². The van der Waals surface area contributed by atoms with Gasteiger partial charge in [0.25, 0.3) is 0 Å². The number of benzene rings is 2. The van der Waals surface area contributed by atoms with Crippen LogP contribution >= 0.6 is 34.8 Å². The normalized spacial score (nSPS) is 11.8. The van der Waals surface area contributed by atoms with E-state index in [-0.39, 0.29) is 26.2 Å². The van der Waals surface area contributed by atoms with Crippen LogP contribution in [0.5, 0.6) is 0 Å². The summed E-state index contributed by atoms with van der Waals surface area (Å²) in [5, 5.41) is 0.253. The summed E-state index contributed by atoms with van der Waals surface area (Å²) in [5.41, 5.74) is -0.0621. The van der Waals surface area contributed by atoms with Crippen LogP contribution in [0.3, 0.4) is 0 Å². The highest BCUT2D eigenvalue weighted by Crippen LogP contribution is 2.44. The molecule has 0 radical (unpaired) electrons. The van der Waals surface area contributed by atoms with Crippen LogP contribution in [0.25, 0.3) is 11.1 Å². The maximum Gasteiger partial charge on any atom is 0.417 e. The fraction of sp³-hybridized carbons (Fsp3) is 0.143. The molecule has 2 aromatic rings. The maximum atomic E-state index is 13.1. The highest BCUT2D eigenvalue weighted by atomic mass is 35.5. The number of hydrogen-bond donors (Lipinski definition) is 0. The van der Waals surface area contributed by atoms with Crippen LogP contribution in [0.1, 0.15) is 11.1 Å². The van der Waals surface area contributed by atoms with Crippen molar-refractivity contribution in [3.63, 3.8) is 0 Å². The number of rotatable bonds is 1. The molecule has 0 spiro atoms. The standard InChI is InChI=1S/C14H8Cl3F3/c1-7-3-2-4-9(14(18,19)20)11(7)8-5-6-10(15)13(17)12(8)16/h2-6H,1H3. The molecule has 6 heteroatoms. The van der Waals surface area contributed by atoms with Crippen LogP contribution in [0, 0.1) is 6.92 Å². The van der Waals surface area contributed by atoms with Gasteiger partial charge in [0.2, 0.25) is 0 Å². The zero-order chi connectivity index (χ0) is 15.1. The molecule has 0 aliphatic rings. The van der Waals surface area contributed by atoms with Crippen molar-refractivity contribution >= 4 is 34.8 Å². The maximum absolute atomic E-state index is 13.1. The smallest absolute Gasteiger partial charge is 0.166 e. The fourth-order valence-corrected chi connectivity index (χ4v) is 2.61. The Morgan fingerprint density at radius 2 is 1.55 bits per heavy atom. The van der Waals surface area contributed by atoms with Crippen LogP contribution in [0.4, 0.5) is 13.2 Å². The van der Waals surface area contributed by atoms with E-state index in [1.807, 2.05) is 0 Å². The summed E-state index contributed by atoms with van der Waals surface area (Å²) >= 11 is 17.8. The van der Waals surface area contributed by atoms with Crippen LogP contribution in [-0.2, 0) is 6.18 Å². The Morgan fingerprint density at radius 1 is 0.900 bits per heavy atom. The lowest BCUT2D eigenvalue weighted by atomic mass is 9.94. The largest absolute Gasteiger partial charge is 0.417 e. The third-order valence-electron chi connectivity index (χ3n) is 2.88. The molecule has 0 amide bonds. The molecule has 0 atom stereocenters. The van der Waals surface area contributed by atoms with Gasteiger partial charge >= 0.3 is 6.18 Å². The number of alkyl halides is 3. The molecule has 0 fully saturated rings. The molecule has 0 aromatic heterocycles. The first kappa shape index (κ1) is 15.5. The van der Waals surface area contributed by atoms with E-state index in [2.05, 4.69) is 0 Å². The molecule has 0 nitrogen and oxygen atoms in total. The highest BCUT2D eigenvalue weighted by molar-refractivity contribution is 6.49. The zero-order valence-corrected chi connectivity index (χ0v) is 12.4. The van der Waals surface area contributed by atoms with Gasteiger partial charge < -0.3 is 0 Å². The molecule has 0 saturated carbocycles. The third-order valence-corrected chi connectivity index (χ3v) is 4.18. The summed E-state index contributed by atoms with van der Waals surface area (Å²) in [6, 6.07) is 6.82. The first-order chi connectivity index (χ1) is 9.23. The van der Waals surface area contributed by atoms with Gasteiger partial charge in [-0.1, -0.05) is 53.0 Å². The quantitative estimate of drug-likeness (QED) is 0.511. The third kappa shape index (κ3) is 2.76. The zero-order valence-electron chi connectivity index (χ0n) is 10.2. The molecule has 2 aromatic carbocycles. The van der Waals surface area contributed by atoms with Gasteiger partial charge in [-0.15, -0.1) is 0 Å². The highest BCUT2D eigenvalue weighted by Gasteiger charge is 2.34. The lowest BCUT2D eigenvalue weighted by molar-refractivity contribution is -0.137. The molecule has 106 valence electrons. The SMILES string of the molecule is Cc1cccc(C(F)(F)F)c1-c1ccc(Cl)c(Cl)c1Cl. The summed E-state index contributed by atoms with van der Waals surface area (Å²) in [6.45, 7) is 1.59. The van der Waals surface area contributed by atoms with E-state index in [1.165, 1.54) is 18.2 Å². The second-order valence-corrected chi connectivity index (χ2v) is 5.38. The minimum absolute atomic E-state index is 0.0129. The van der Waals surface area contributed by atoms with Crippen LogP contribution < -0.4 is 0 Å². The van der Waals surface area contributed by atoms with Gasteiger partial charge in [-0.2, -0.15) is 13.2 Å². The van der Waals surface area contributed by atoms with Gasteiger partial charge in [-0.25, -0.2) is 0 Å². The Kier molecular flexibility index (Phi) is 4.24. The Morgan fingerprint density at radius 3 is 2.15 bits per heavy atom. The summed E-state index contributed by atoms with van der Waals surface area (Å²) in [4.78, 5) is 0. The fourth-order valence-electron chi connectivity index (χ4n) is 1.98. The van der Waals surface area contributed by atoms with E-state index in [4.69, 9.17) is 34.8 Å². The van der Waals surface area contributed by atoms with Crippen molar-refractivity contribution in [3.05, 3.63) is 56.5 Å². The van der Waals surface area contributed by atoms with Crippen LogP contribution in [0.2, 0.25) is 15.1 Å². The minimum atomic E-state index is -4.48. The van der Waals surface area contributed by atoms with Crippen molar-refractivity contribution in [1.29, 1.82) is 0 Å². The Labute approximate surface area is 129 Å². The van der Waals surface area contributed by atoms with Crippen molar-refractivity contribution in [2.24, 2.45) is 0 Å². The summed E-state index contributed by atoms with van der Waals surface area (Å²) in [5.74, 6) is 0. The first-order valence-electron chi connectivity index (χ1n) is 5.54. The summed E-state index contributed by atoms with van der Waals surface area (Å²) < 4.78 is 39.4. The van der Waals surface area contributed by atoms with Gasteiger partial charge in [0, 0.05) is 5.56 Å². The molecule has 0 aliphatic carbocycles. The van der Waals surface area contributed by atoms with Gasteiger partial charge in [-0.05, 0) is 30.2 Å². The lowest BCUT2D eigenvalue weighted by Crippen LogP contribution is -2.08. The predicted molar refractivity (Wildman–Crippen MR) is 76.6 cm³/mol. The summed E-state index contributed by atoms with van der Waals surface area (Å²) in [6.07, 6.45) is -4.48. The molecule has 2 rings (SSSR count). The molecule has 0 saturated heterocycles. The van der Waals surface area contributed by atoms with Gasteiger partial charge in [-0.3, -0.25) is 0 Å². The van der Waals surface area contributed by atoms with Crippen LogP contribution in [-0.4, -0.2) is 0 Å². The molecule has 0 unspecified atom stereocenters. The average Bonchev–Trinajstić information content (AvgIpc) is 2.36. The molecular formula is C14H8Cl3F3. The summed E-state index contributed by atoms with van der Waals surface area (Å²) in [7, 11) is 0. The minimum Gasteiger partial charge on any atom is -0.166 e. The molecule has 0 N–H and O–H groups in total. The van der Waals surface area contributed by atoms with Crippen molar-refractivity contribution in [2.75, 3.05) is 0 Å². The topological polar surface area (TPSA) is 0 Å². The van der Waals surface area contributed by atoms with E-state index in [1.54, 1.807) is 13.0 Å². The molecule has 0 bridgehead atoms. The van der Waals surface area contributed by atoms with E-state index in [0.29, 0.717) is 5.56 Å². The second kappa shape index (κ2) is 5.47. The monoisotopic (exact) mass is 338 g/mol. The molecular weight excluding hydrogens is 332 g/mol. The first-order valence-corrected chi connectivity index (χ1v) is 6.67. The lowest BCUT2D eigenvalue weighted by Gasteiger charge is -2.17. The number of hydrogen-bond acceptors (Lipinski definition) is 0. The van der Waals surface area contributed by atoms with Crippen molar-refractivity contribution in [3.8, 4) is 11.1 Å². The molecule has 0 aliphatic heterocycles. The van der Waals surface area contributed by atoms with E-state index < -0.39 is 11.7 Å². The van der Waals surface area contributed by atoms with Crippen LogP contribution in [0.15, 0.2) is 30.3 Å². The van der Waals surface area contributed by atoms with E-state index >= 15 is 0 Å². The average molecular weight is 340 g/mol.